The van der Waals surface area contributed by atoms with Crippen molar-refractivity contribution in [2.24, 2.45) is 0 Å². The fraction of sp³-hybridized carbons (Fsp3) is 0.320. The summed E-state index contributed by atoms with van der Waals surface area (Å²) < 4.78 is 43.1. The third kappa shape index (κ3) is 5.14. The van der Waals surface area contributed by atoms with Gasteiger partial charge in [-0.2, -0.15) is 0 Å². The normalized spacial score (nSPS) is 14.7. The van der Waals surface area contributed by atoms with Gasteiger partial charge >= 0.3 is 0 Å². The van der Waals surface area contributed by atoms with E-state index in [-0.39, 0.29) is 52.6 Å². The third-order valence-corrected chi connectivity index (χ3v) is 5.83. The van der Waals surface area contributed by atoms with Crippen LogP contribution in [0.2, 0.25) is 0 Å². The zero-order chi connectivity index (χ0) is 26.0. The first kappa shape index (κ1) is 25.1. The van der Waals surface area contributed by atoms with E-state index < -0.39 is 30.1 Å². The van der Waals surface area contributed by atoms with Crippen molar-refractivity contribution in [3.05, 3.63) is 65.6 Å². The summed E-state index contributed by atoms with van der Waals surface area (Å²) in [5, 5.41) is 5.18. The maximum atomic E-state index is 15.0. The van der Waals surface area contributed by atoms with E-state index in [1.165, 1.54) is 48.7 Å². The summed E-state index contributed by atoms with van der Waals surface area (Å²) in [5.74, 6) is -3.95. The van der Waals surface area contributed by atoms with Gasteiger partial charge in [0.15, 0.2) is 5.82 Å². The molecule has 0 unspecified atom stereocenters. The van der Waals surface area contributed by atoms with Gasteiger partial charge in [-0.05, 0) is 24.3 Å². The van der Waals surface area contributed by atoms with E-state index in [0.717, 1.165) is 6.07 Å². The minimum Gasteiger partial charge on any atom is -0.355 e. The van der Waals surface area contributed by atoms with Crippen LogP contribution in [0.5, 0.6) is 0 Å². The molecule has 0 radical (unpaired) electrons. The molecule has 36 heavy (non-hydrogen) atoms. The van der Waals surface area contributed by atoms with E-state index >= 15 is 0 Å². The standard InChI is InChI=1S/C25H25F3N6O2/c1-14(2)21-31-11-16(12-32-21)24(36)33-20-17(18-10-15(23(35)29-3)4-5-19(18)26)6-8-30-22(20)34-9-7-25(27,28)13-34/h4-6,8,10-12,14H,7,9,13H2,1-3H3,(H,29,35)(H,33,36). The predicted octanol–water partition coefficient (Wildman–Crippen LogP) is 4.26. The maximum absolute atomic E-state index is 15.0. The molecule has 2 amide bonds. The van der Waals surface area contributed by atoms with E-state index in [2.05, 4.69) is 25.6 Å². The zero-order valence-corrected chi connectivity index (χ0v) is 20.0. The van der Waals surface area contributed by atoms with Crippen molar-refractivity contribution in [3.8, 4) is 11.1 Å². The van der Waals surface area contributed by atoms with Crippen molar-refractivity contribution in [3.63, 3.8) is 0 Å². The highest BCUT2D eigenvalue weighted by Crippen LogP contribution is 2.40. The highest BCUT2D eigenvalue weighted by Gasteiger charge is 2.40. The topological polar surface area (TPSA) is 100 Å². The monoisotopic (exact) mass is 498 g/mol. The summed E-state index contributed by atoms with van der Waals surface area (Å²) in [5.41, 5.74) is 0.557. The first-order valence-corrected chi connectivity index (χ1v) is 11.4. The number of aromatic nitrogens is 3. The number of anilines is 2. The molecule has 188 valence electrons. The molecule has 1 aromatic carbocycles. The highest BCUT2D eigenvalue weighted by atomic mass is 19.3. The van der Waals surface area contributed by atoms with Crippen LogP contribution in [0.1, 0.15) is 52.7 Å². The molecule has 2 N–H and O–H groups in total. The summed E-state index contributed by atoms with van der Waals surface area (Å²) in [7, 11) is 1.45. The number of carbonyl (C=O) groups is 2. The fourth-order valence-electron chi connectivity index (χ4n) is 3.91. The number of hydrogen-bond donors (Lipinski definition) is 2. The molecule has 3 aromatic rings. The van der Waals surface area contributed by atoms with Gasteiger partial charge in [0.05, 0.1) is 17.8 Å². The number of hydrogen-bond acceptors (Lipinski definition) is 6. The lowest BCUT2D eigenvalue weighted by atomic mass is 10.0. The van der Waals surface area contributed by atoms with Crippen molar-refractivity contribution in [2.75, 3.05) is 30.4 Å². The zero-order valence-electron chi connectivity index (χ0n) is 20.0. The van der Waals surface area contributed by atoms with E-state index in [4.69, 9.17) is 0 Å². The lowest BCUT2D eigenvalue weighted by Crippen LogP contribution is -2.27. The summed E-state index contributed by atoms with van der Waals surface area (Å²) in [4.78, 5) is 39.3. The molecular weight excluding hydrogens is 473 g/mol. The number of carbonyl (C=O) groups excluding carboxylic acids is 2. The molecule has 0 spiro atoms. The van der Waals surface area contributed by atoms with E-state index in [1.54, 1.807) is 0 Å². The number of nitrogens with one attached hydrogen (secondary N) is 2. The van der Waals surface area contributed by atoms with Crippen LogP contribution >= 0.6 is 0 Å². The van der Waals surface area contributed by atoms with Gasteiger partial charge in [0.25, 0.3) is 17.7 Å². The van der Waals surface area contributed by atoms with Gasteiger partial charge in [-0.15, -0.1) is 0 Å². The van der Waals surface area contributed by atoms with Gasteiger partial charge in [-0.1, -0.05) is 13.8 Å². The molecule has 0 atom stereocenters. The number of rotatable bonds is 6. The quantitative estimate of drug-likeness (QED) is 0.527. The first-order valence-electron chi connectivity index (χ1n) is 11.4. The van der Waals surface area contributed by atoms with E-state index in [1.807, 2.05) is 13.8 Å². The van der Waals surface area contributed by atoms with Gasteiger partial charge < -0.3 is 15.5 Å². The molecule has 8 nitrogen and oxygen atoms in total. The minimum atomic E-state index is -2.93. The van der Waals surface area contributed by atoms with Crippen molar-refractivity contribution < 1.29 is 22.8 Å². The molecule has 1 aliphatic heterocycles. The SMILES string of the molecule is CNC(=O)c1ccc(F)c(-c2ccnc(N3CCC(F)(F)C3)c2NC(=O)c2cnc(C(C)C)nc2)c1. The summed E-state index contributed by atoms with van der Waals surface area (Å²) >= 11 is 0. The van der Waals surface area contributed by atoms with Crippen LogP contribution in [0.4, 0.5) is 24.7 Å². The third-order valence-electron chi connectivity index (χ3n) is 5.83. The van der Waals surface area contributed by atoms with Crippen LogP contribution in [-0.2, 0) is 0 Å². The second-order valence-electron chi connectivity index (χ2n) is 8.80. The Morgan fingerprint density at radius 3 is 2.36 bits per heavy atom. The second-order valence-corrected chi connectivity index (χ2v) is 8.80. The van der Waals surface area contributed by atoms with Gasteiger partial charge in [-0.25, -0.2) is 28.1 Å². The molecule has 11 heteroatoms. The average molecular weight is 499 g/mol. The Hall–Kier alpha value is -4.02. The predicted molar refractivity (Wildman–Crippen MR) is 129 cm³/mol. The average Bonchev–Trinajstić information content (AvgIpc) is 3.23. The Bertz CT molecular complexity index is 1300. The van der Waals surface area contributed by atoms with Crippen LogP contribution < -0.4 is 15.5 Å². The summed E-state index contributed by atoms with van der Waals surface area (Å²) in [6, 6.07) is 5.25. The van der Waals surface area contributed by atoms with Gasteiger partial charge in [-0.3, -0.25) is 9.59 Å². The molecule has 4 rings (SSSR count). The minimum absolute atomic E-state index is 0.000712. The lowest BCUT2D eigenvalue weighted by Gasteiger charge is -2.23. The molecule has 1 saturated heterocycles. The van der Waals surface area contributed by atoms with Crippen molar-refractivity contribution >= 4 is 23.3 Å². The Kier molecular flexibility index (Phi) is 6.91. The second kappa shape index (κ2) is 9.92. The molecule has 0 saturated carbocycles. The van der Waals surface area contributed by atoms with E-state index in [0.29, 0.717) is 5.82 Å². The first-order chi connectivity index (χ1) is 17.1. The maximum Gasteiger partial charge on any atom is 0.266 e. The largest absolute Gasteiger partial charge is 0.355 e. The Balaban J connectivity index is 1.81. The summed E-state index contributed by atoms with van der Waals surface area (Å²) in [6.07, 6.45) is 3.70. The number of amides is 2. The number of nitrogens with zero attached hydrogens (tertiary/aromatic N) is 4. The van der Waals surface area contributed by atoms with Gasteiger partial charge in [0.2, 0.25) is 0 Å². The van der Waals surface area contributed by atoms with Crippen molar-refractivity contribution in [1.82, 2.24) is 20.3 Å². The van der Waals surface area contributed by atoms with Gasteiger partial charge in [0, 0.05) is 61.2 Å². The van der Waals surface area contributed by atoms with Crippen LogP contribution in [0, 0.1) is 5.82 Å². The van der Waals surface area contributed by atoms with Crippen molar-refractivity contribution in [2.45, 2.75) is 32.1 Å². The van der Waals surface area contributed by atoms with Crippen LogP contribution in [-0.4, -0.2) is 52.8 Å². The summed E-state index contributed by atoms with van der Waals surface area (Å²) in [6.45, 7) is 3.23. The van der Waals surface area contributed by atoms with Crippen molar-refractivity contribution in [1.29, 1.82) is 0 Å². The molecule has 1 fully saturated rings. The molecule has 1 aliphatic rings. The number of halogens is 3. The number of alkyl halides is 2. The van der Waals surface area contributed by atoms with E-state index in [9.17, 15) is 22.8 Å². The van der Waals surface area contributed by atoms with Crippen LogP contribution in [0.15, 0.2) is 42.9 Å². The number of pyridine rings is 1. The smallest absolute Gasteiger partial charge is 0.266 e. The van der Waals surface area contributed by atoms with Crippen LogP contribution in [0.3, 0.4) is 0 Å². The lowest BCUT2D eigenvalue weighted by molar-refractivity contribution is 0.0256. The molecule has 3 heterocycles. The van der Waals surface area contributed by atoms with Gasteiger partial charge in [0.1, 0.15) is 11.6 Å². The fourth-order valence-corrected chi connectivity index (χ4v) is 3.91. The Labute approximate surface area is 206 Å². The molecular formula is C25H25F3N6O2. The molecule has 0 aliphatic carbocycles. The van der Waals surface area contributed by atoms with Crippen LogP contribution in [0.25, 0.3) is 11.1 Å². The Morgan fingerprint density at radius 2 is 1.75 bits per heavy atom. The molecule has 2 aromatic heterocycles. The Morgan fingerprint density at radius 1 is 1.03 bits per heavy atom. The molecule has 0 bridgehead atoms. The number of benzene rings is 1. The highest BCUT2D eigenvalue weighted by molar-refractivity contribution is 6.08.